The normalized spacial score (nSPS) is 30.6. The summed E-state index contributed by atoms with van der Waals surface area (Å²) in [5, 5.41) is 20.4. The highest BCUT2D eigenvalue weighted by atomic mass is 28.4. The van der Waals surface area contributed by atoms with E-state index in [-0.39, 0.29) is 5.04 Å². The number of H-pyrrole nitrogens is 1. The average Bonchev–Trinajstić information content (AvgIpc) is 2.71. The smallest absolute Gasteiger partial charge is 0.330 e. The molecular formula is C16H28N2O6Si. The second kappa shape index (κ2) is 6.47. The lowest BCUT2D eigenvalue weighted by Crippen LogP contribution is -2.53. The van der Waals surface area contributed by atoms with E-state index in [2.05, 4.69) is 25.8 Å². The molecule has 0 spiro atoms. The average molecular weight is 372 g/mol. The summed E-state index contributed by atoms with van der Waals surface area (Å²) < 4.78 is 13.1. The molecule has 0 amide bonds. The lowest BCUT2D eigenvalue weighted by Gasteiger charge is -2.41. The number of hydrogen-bond donors (Lipinski definition) is 3. The Labute approximate surface area is 147 Å². The summed E-state index contributed by atoms with van der Waals surface area (Å²) in [6, 6.07) is 1.21. The Morgan fingerprint density at radius 1 is 1.40 bits per heavy atom. The zero-order valence-electron chi connectivity index (χ0n) is 15.6. The van der Waals surface area contributed by atoms with Gasteiger partial charge in [0.1, 0.15) is 12.3 Å². The molecule has 1 saturated heterocycles. The van der Waals surface area contributed by atoms with Gasteiger partial charge in [-0.15, -0.1) is 0 Å². The van der Waals surface area contributed by atoms with Gasteiger partial charge in [-0.25, -0.2) is 4.79 Å². The van der Waals surface area contributed by atoms with E-state index >= 15 is 0 Å². The predicted octanol–water partition coefficient (Wildman–Crippen LogP) is 0.773. The fraction of sp³-hybridized carbons (Fsp3) is 0.750. The van der Waals surface area contributed by atoms with Crippen LogP contribution in [-0.2, 0) is 9.16 Å². The Morgan fingerprint density at radius 2 is 2.00 bits per heavy atom. The summed E-state index contributed by atoms with van der Waals surface area (Å²) in [5.41, 5.74) is -1.16. The van der Waals surface area contributed by atoms with Gasteiger partial charge < -0.3 is 19.4 Å². The SMILES string of the molecule is C[C@@H]1[C@H](n2ccc(=O)[nH]c2=O)O[C@](O)(CO)[C@H]1O[Si](C)(C)C(C)(C)C. The van der Waals surface area contributed by atoms with Gasteiger partial charge in [0, 0.05) is 18.2 Å². The summed E-state index contributed by atoms with van der Waals surface area (Å²) in [6.45, 7) is 11.4. The lowest BCUT2D eigenvalue weighted by molar-refractivity contribution is -0.252. The van der Waals surface area contributed by atoms with Gasteiger partial charge in [0.15, 0.2) is 8.32 Å². The van der Waals surface area contributed by atoms with Crippen molar-refractivity contribution in [2.24, 2.45) is 5.92 Å². The number of rotatable bonds is 4. The van der Waals surface area contributed by atoms with Gasteiger partial charge in [0.2, 0.25) is 5.79 Å². The van der Waals surface area contributed by atoms with Gasteiger partial charge in [-0.05, 0) is 18.1 Å². The highest BCUT2D eigenvalue weighted by Gasteiger charge is 2.56. The first-order chi connectivity index (χ1) is 11.3. The van der Waals surface area contributed by atoms with Crippen LogP contribution in [0.4, 0.5) is 0 Å². The summed E-state index contributed by atoms with van der Waals surface area (Å²) in [5.74, 6) is -2.34. The molecule has 1 aliphatic heterocycles. The third-order valence-corrected chi connectivity index (χ3v) is 9.73. The second-order valence-corrected chi connectivity index (χ2v) is 12.9. The van der Waals surface area contributed by atoms with E-state index in [9.17, 15) is 19.8 Å². The van der Waals surface area contributed by atoms with Crippen molar-refractivity contribution < 1.29 is 19.4 Å². The quantitative estimate of drug-likeness (QED) is 0.673. The maximum Gasteiger partial charge on any atom is 0.330 e. The van der Waals surface area contributed by atoms with Crippen LogP contribution in [0.3, 0.4) is 0 Å². The van der Waals surface area contributed by atoms with Gasteiger partial charge >= 0.3 is 5.69 Å². The Hall–Kier alpha value is -1.26. The van der Waals surface area contributed by atoms with Crippen LogP contribution in [0, 0.1) is 5.92 Å². The second-order valence-electron chi connectivity index (χ2n) is 8.19. The highest BCUT2D eigenvalue weighted by Crippen LogP contribution is 2.46. The largest absolute Gasteiger partial charge is 0.408 e. The predicted molar refractivity (Wildman–Crippen MR) is 94.7 cm³/mol. The number of nitrogens with zero attached hydrogens (tertiary/aromatic N) is 1. The zero-order valence-corrected chi connectivity index (χ0v) is 16.6. The Balaban J connectivity index is 2.41. The van der Waals surface area contributed by atoms with Crippen molar-refractivity contribution in [2.75, 3.05) is 6.61 Å². The van der Waals surface area contributed by atoms with Gasteiger partial charge in [-0.3, -0.25) is 14.3 Å². The summed E-state index contributed by atoms with van der Waals surface area (Å²) in [4.78, 5) is 25.5. The van der Waals surface area contributed by atoms with Crippen LogP contribution < -0.4 is 11.2 Å². The van der Waals surface area contributed by atoms with Crippen LogP contribution in [-0.4, -0.2) is 46.6 Å². The topological polar surface area (TPSA) is 114 Å². The van der Waals surface area contributed by atoms with E-state index in [0.717, 1.165) is 0 Å². The highest BCUT2D eigenvalue weighted by molar-refractivity contribution is 6.74. The van der Waals surface area contributed by atoms with Crippen molar-refractivity contribution in [1.29, 1.82) is 0 Å². The van der Waals surface area contributed by atoms with Crippen molar-refractivity contribution >= 4 is 8.32 Å². The monoisotopic (exact) mass is 372 g/mol. The van der Waals surface area contributed by atoms with E-state index in [0.29, 0.717) is 0 Å². The van der Waals surface area contributed by atoms with E-state index in [1.54, 1.807) is 6.92 Å². The van der Waals surface area contributed by atoms with E-state index < -0.39 is 50.2 Å². The minimum atomic E-state index is -2.27. The molecule has 3 N–H and O–H groups in total. The molecule has 1 aromatic heterocycles. The molecule has 0 aromatic carbocycles. The molecule has 1 fully saturated rings. The van der Waals surface area contributed by atoms with Crippen LogP contribution in [0.5, 0.6) is 0 Å². The minimum absolute atomic E-state index is 0.101. The zero-order chi connectivity index (χ0) is 19.2. The molecule has 142 valence electrons. The molecule has 25 heavy (non-hydrogen) atoms. The molecule has 2 rings (SSSR count). The number of aliphatic hydroxyl groups is 2. The van der Waals surface area contributed by atoms with Crippen molar-refractivity contribution in [3.8, 4) is 0 Å². The van der Waals surface area contributed by atoms with Crippen molar-refractivity contribution in [1.82, 2.24) is 9.55 Å². The molecule has 0 unspecified atom stereocenters. The molecular weight excluding hydrogens is 344 g/mol. The van der Waals surface area contributed by atoms with Gasteiger partial charge in [-0.2, -0.15) is 0 Å². The molecule has 1 aliphatic rings. The van der Waals surface area contributed by atoms with Crippen molar-refractivity contribution in [3.05, 3.63) is 33.1 Å². The summed E-state index contributed by atoms with van der Waals surface area (Å²) in [6.07, 6.45) is -0.354. The lowest BCUT2D eigenvalue weighted by atomic mass is 10.00. The Bertz CT molecular complexity index is 737. The molecule has 0 bridgehead atoms. The van der Waals surface area contributed by atoms with Crippen LogP contribution >= 0.6 is 0 Å². The molecule has 1 aromatic rings. The summed E-state index contributed by atoms with van der Waals surface area (Å²) in [7, 11) is -2.27. The number of ether oxygens (including phenoxy) is 1. The van der Waals surface area contributed by atoms with Crippen LogP contribution in [0.1, 0.15) is 33.9 Å². The van der Waals surface area contributed by atoms with Gasteiger partial charge in [-0.1, -0.05) is 27.7 Å². The third kappa shape index (κ3) is 3.65. The molecule has 9 heteroatoms. The first-order valence-corrected chi connectivity index (χ1v) is 11.2. The maximum absolute atomic E-state index is 12.1. The number of nitrogens with one attached hydrogen (secondary N) is 1. The van der Waals surface area contributed by atoms with E-state index in [1.165, 1.54) is 16.8 Å². The minimum Gasteiger partial charge on any atom is -0.408 e. The summed E-state index contributed by atoms with van der Waals surface area (Å²) >= 11 is 0. The number of aliphatic hydroxyl groups excluding tert-OH is 1. The van der Waals surface area contributed by atoms with E-state index in [1.807, 2.05) is 13.1 Å². The van der Waals surface area contributed by atoms with Gasteiger partial charge in [0.05, 0.1) is 6.61 Å². The standard InChI is InChI=1S/C16H28N2O6Si/c1-10-12(24-25(5,6)15(2,3)4)16(22,9-19)23-13(10)18-8-7-11(20)17-14(18)21/h7-8,10,12-13,19,22H,9H2,1-6H3,(H,17,20,21)/t10-,12-,13+,16+/m0/s1. The van der Waals surface area contributed by atoms with Crippen LogP contribution in [0.25, 0.3) is 0 Å². The Morgan fingerprint density at radius 3 is 2.48 bits per heavy atom. The fourth-order valence-corrected chi connectivity index (χ4v) is 4.09. The maximum atomic E-state index is 12.1. The van der Waals surface area contributed by atoms with Crippen molar-refractivity contribution in [2.45, 2.75) is 63.9 Å². The Kier molecular flexibility index (Phi) is 5.19. The van der Waals surface area contributed by atoms with E-state index in [4.69, 9.17) is 9.16 Å². The van der Waals surface area contributed by atoms with Crippen molar-refractivity contribution in [3.63, 3.8) is 0 Å². The first kappa shape index (κ1) is 20.1. The fourth-order valence-electron chi connectivity index (χ4n) is 2.70. The number of aromatic amines is 1. The third-order valence-electron chi connectivity index (χ3n) is 5.28. The molecule has 0 aliphatic carbocycles. The molecule has 2 heterocycles. The number of hydrogen-bond acceptors (Lipinski definition) is 6. The first-order valence-electron chi connectivity index (χ1n) is 8.33. The molecule has 8 nitrogen and oxygen atoms in total. The van der Waals surface area contributed by atoms with Crippen LogP contribution in [0.15, 0.2) is 21.9 Å². The number of aromatic nitrogens is 2. The molecule has 0 radical (unpaired) electrons. The van der Waals surface area contributed by atoms with Crippen LogP contribution in [0.2, 0.25) is 18.1 Å². The molecule has 0 saturated carbocycles. The molecule has 4 atom stereocenters. The van der Waals surface area contributed by atoms with Gasteiger partial charge in [0.25, 0.3) is 5.56 Å².